The van der Waals surface area contributed by atoms with Crippen molar-refractivity contribution in [2.45, 2.75) is 57.1 Å². The molecule has 7 rings (SSSR count). The maximum atomic E-state index is 10.6. The molecule has 7 heteroatoms. The normalized spacial score (nSPS) is 19.5. The molecule has 0 spiro atoms. The zero-order chi connectivity index (χ0) is 27.3. The van der Waals surface area contributed by atoms with Crippen molar-refractivity contribution in [3.63, 3.8) is 0 Å². The van der Waals surface area contributed by atoms with Gasteiger partial charge < -0.3 is 19.5 Å². The Balaban J connectivity index is 1.33. The van der Waals surface area contributed by atoms with Crippen molar-refractivity contribution in [2.24, 2.45) is 0 Å². The molecule has 4 heterocycles. The van der Waals surface area contributed by atoms with Crippen LogP contribution in [-0.2, 0) is 4.74 Å². The van der Waals surface area contributed by atoms with E-state index in [2.05, 4.69) is 34.9 Å². The molecule has 0 atom stereocenters. The Morgan fingerprint density at radius 1 is 0.925 bits per heavy atom. The summed E-state index contributed by atoms with van der Waals surface area (Å²) in [6.45, 7) is 6.88. The highest BCUT2D eigenvalue weighted by molar-refractivity contribution is 6.02. The number of aromatic nitrogens is 2. The van der Waals surface area contributed by atoms with Crippen molar-refractivity contribution in [3.05, 3.63) is 54.1 Å². The number of hydrogen-bond donors (Lipinski definition) is 1. The topological polar surface area (TPSA) is 71.0 Å². The van der Waals surface area contributed by atoms with Gasteiger partial charge in [0.05, 0.1) is 17.2 Å². The predicted octanol–water partition coefficient (Wildman–Crippen LogP) is 6.09. The molecule has 0 bridgehead atoms. The fourth-order valence-corrected chi connectivity index (χ4v) is 7.37. The Morgan fingerprint density at radius 2 is 1.70 bits per heavy atom. The zero-order valence-corrected chi connectivity index (χ0v) is 23.5. The second kappa shape index (κ2) is 10.2. The Labute approximate surface area is 235 Å². The minimum Gasteiger partial charge on any atom is -0.508 e. The summed E-state index contributed by atoms with van der Waals surface area (Å²) in [6.07, 6.45) is 7.09. The quantitative estimate of drug-likeness (QED) is 0.319. The number of fused-ring (bicyclic) bond motifs is 3. The summed E-state index contributed by atoms with van der Waals surface area (Å²) in [7, 11) is 1.80. The molecule has 1 aromatic heterocycles. The fourth-order valence-electron chi connectivity index (χ4n) is 7.37. The van der Waals surface area contributed by atoms with Crippen LogP contribution in [0.4, 0.5) is 5.82 Å². The van der Waals surface area contributed by atoms with Crippen molar-refractivity contribution in [1.29, 1.82) is 0 Å². The number of rotatable bonds is 6. The van der Waals surface area contributed by atoms with Crippen LogP contribution < -0.4 is 9.64 Å². The summed E-state index contributed by atoms with van der Waals surface area (Å²) in [6, 6.07) is 16.6. The second-order valence-corrected chi connectivity index (χ2v) is 11.8. The summed E-state index contributed by atoms with van der Waals surface area (Å²) in [5, 5.41) is 13.7. The molecule has 0 unspecified atom stereocenters. The number of methoxy groups -OCH3 is 1. The van der Waals surface area contributed by atoms with Gasteiger partial charge in [-0.05, 0) is 104 Å². The fraction of sp³-hybridized carbons (Fsp3) is 0.455. The average Bonchev–Trinajstić information content (AvgIpc) is 3.56. The van der Waals surface area contributed by atoms with E-state index in [0.29, 0.717) is 18.7 Å². The van der Waals surface area contributed by atoms with E-state index in [1.165, 1.54) is 38.8 Å². The standard InChI is InChI=1S/C33H38N4O3/c1-22-26(29-20-24(38)19-23-7-3-4-8-27(23)29)9-10-28-30(22)34-32(35-31(28)36-17-11-25(39-2)12-18-36)40-21-33-13-5-15-37(33)16-6-14-33/h3-4,7-10,19-20,25,38H,5-6,11-18,21H2,1-2H3. The van der Waals surface area contributed by atoms with E-state index in [1.54, 1.807) is 7.11 Å². The van der Waals surface area contributed by atoms with E-state index in [4.69, 9.17) is 19.4 Å². The second-order valence-electron chi connectivity index (χ2n) is 11.8. The van der Waals surface area contributed by atoms with Gasteiger partial charge in [-0.25, -0.2) is 0 Å². The first-order valence-corrected chi connectivity index (χ1v) is 14.7. The van der Waals surface area contributed by atoms with E-state index >= 15 is 0 Å². The maximum absolute atomic E-state index is 10.6. The van der Waals surface area contributed by atoms with E-state index in [-0.39, 0.29) is 11.3 Å². The highest BCUT2D eigenvalue weighted by atomic mass is 16.5. The van der Waals surface area contributed by atoms with Gasteiger partial charge in [-0.1, -0.05) is 30.3 Å². The number of phenolic OH excluding ortho intramolecular Hbond substituents is 1. The molecule has 0 aliphatic carbocycles. The first-order chi connectivity index (χ1) is 19.5. The smallest absolute Gasteiger partial charge is 0.319 e. The Bertz CT molecular complexity index is 1550. The lowest BCUT2D eigenvalue weighted by Gasteiger charge is -2.33. The number of nitrogens with zero attached hydrogens (tertiary/aromatic N) is 4. The average molecular weight is 539 g/mol. The highest BCUT2D eigenvalue weighted by Gasteiger charge is 2.45. The van der Waals surface area contributed by atoms with Crippen molar-refractivity contribution in [2.75, 3.05) is 44.8 Å². The van der Waals surface area contributed by atoms with Gasteiger partial charge in [-0.2, -0.15) is 9.97 Å². The molecule has 1 N–H and O–H groups in total. The van der Waals surface area contributed by atoms with E-state index in [0.717, 1.165) is 70.1 Å². The summed E-state index contributed by atoms with van der Waals surface area (Å²) >= 11 is 0. The number of hydrogen-bond acceptors (Lipinski definition) is 7. The Morgan fingerprint density at radius 3 is 2.48 bits per heavy atom. The maximum Gasteiger partial charge on any atom is 0.319 e. The van der Waals surface area contributed by atoms with E-state index in [1.807, 2.05) is 30.3 Å². The van der Waals surface area contributed by atoms with E-state index in [9.17, 15) is 5.11 Å². The van der Waals surface area contributed by atoms with Gasteiger partial charge in [0.1, 0.15) is 18.2 Å². The van der Waals surface area contributed by atoms with Gasteiger partial charge in [0.15, 0.2) is 0 Å². The molecular formula is C33H38N4O3. The minimum absolute atomic E-state index is 0.132. The van der Waals surface area contributed by atoms with Crippen LogP contribution in [0.1, 0.15) is 44.1 Å². The number of aromatic hydroxyl groups is 1. The van der Waals surface area contributed by atoms with Crippen LogP contribution in [-0.4, -0.2) is 71.5 Å². The van der Waals surface area contributed by atoms with Crippen molar-refractivity contribution >= 4 is 27.5 Å². The molecule has 4 aromatic rings. The molecule has 3 aromatic carbocycles. The lowest BCUT2D eigenvalue weighted by Crippen LogP contribution is -2.43. The van der Waals surface area contributed by atoms with Gasteiger partial charge >= 0.3 is 6.01 Å². The van der Waals surface area contributed by atoms with Crippen molar-refractivity contribution < 1.29 is 14.6 Å². The van der Waals surface area contributed by atoms with Gasteiger partial charge in [-0.3, -0.25) is 4.90 Å². The Hall–Kier alpha value is -3.42. The van der Waals surface area contributed by atoms with Crippen LogP contribution in [0.2, 0.25) is 0 Å². The van der Waals surface area contributed by atoms with Crippen LogP contribution in [0, 0.1) is 6.92 Å². The van der Waals surface area contributed by atoms with Gasteiger partial charge in [0, 0.05) is 25.6 Å². The first-order valence-electron chi connectivity index (χ1n) is 14.7. The third kappa shape index (κ3) is 4.36. The summed E-state index contributed by atoms with van der Waals surface area (Å²) in [5.74, 6) is 1.20. The first kappa shape index (κ1) is 25.5. The van der Waals surface area contributed by atoms with Crippen molar-refractivity contribution in [3.8, 4) is 22.9 Å². The summed E-state index contributed by atoms with van der Waals surface area (Å²) < 4.78 is 12.2. The third-order valence-electron chi connectivity index (χ3n) is 9.57. The molecule has 208 valence electrons. The molecule has 0 amide bonds. The SMILES string of the molecule is COC1CCN(c2nc(OCC34CCCN3CCC4)nc3c(C)c(-c4cc(O)cc5ccccc45)ccc23)CC1. The van der Waals surface area contributed by atoms with Gasteiger partial charge in [0.2, 0.25) is 0 Å². The Kier molecular flexibility index (Phi) is 6.51. The van der Waals surface area contributed by atoms with Crippen LogP contribution in [0.15, 0.2) is 48.5 Å². The minimum atomic E-state index is 0.132. The monoisotopic (exact) mass is 538 g/mol. The van der Waals surface area contributed by atoms with Gasteiger partial charge in [0.25, 0.3) is 0 Å². The molecule has 3 saturated heterocycles. The highest BCUT2D eigenvalue weighted by Crippen LogP contribution is 2.41. The van der Waals surface area contributed by atoms with Crippen LogP contribution in [0.3, 0.4) is 0 Å². The molecule has 0 saturated carbocycles. The van der Waals surface area contributed by atoms with Crippen LogP contribution >= 0.6 is 0 Å². The molecule has 3 fully saturated rings. The molecular weight excluding hydrogens is 500 g/mol. The zero-order valence-electron chi connectivity index (χ0n) is 23.5. The number of anilines is 1. The summed E-state index contributed by atoms with van der Waals surface area (Å²) in [4.78, 5) is 15.1. The number of aryl methyl sites for hydroxylation is 1. The van der Waals surface area contributed by atoms with Gasteiger partial charge in [-0.15, -0.1) is 0 Å². The predicted molar refractivity (Wildman–Crippen MR) is 159 cm³/mol. The van der Waals surface area contributed by atoms with Crippen LogP contribution in [0.5, 0.6) is 11.8 Å². The number of benzene rings is 3. The molecule has 40 heavy (non-hydrogen) atoms. The summed E-state index contributed by atoms with van der Waals surface area (Å²) in [5.41, 5.74) is 4.17. The number of piperidine rings is 1. The number of phenols is 1. The lowest BCUT2D eigenvalue weighted by atomic mass is 9.93. The molecule has 7 nitrogen and oxygen atoms in total. The van der Waals surface area contributed by atoms with Crippen LogP contribution in [0.25, 0.3) is 32.8 Å². The molecule has 3 aliphatic rings. The third-order valence-corrected chi connectivity index (χ3v) is 9.57. The molecule has 0 radical (unpaired) electrons. The number of ether oxygens (including phenoxy) is 2. The lowest BCUT2D eigenvalue weighted by molar-refractivity contribution is 0.0817. The van der Waals surface area contributed by atoms with E-state index < -0.39 is 0 Å². The molecule has 3 aliphatic heterocycles. The largest absolute Gasteiger partial charge is 0.508 e. The van der Waals surface area contributed by atoms with Crippen molar-refractivity contribution in [1.82, 2.24) is 14.9 Å².